The van der Waals surface area contributed by atoms with Gasteiger partial charge in [0, 0.05) is 95.6 Å². The summed E-state index contributed by atoms with van der Waals surface area (Å²) in [5.41, 5.74) is 20.6. The maximum absolute atomic E-state index is 5.55. The van der Waals surface area contributed by atoms with Gasteiger partial charge in [0.1, 0.15) is 0 Å². The molecule has 110 heavy (non-hydrogen) atoms. The number of hydrogen-bond acceptors (Lipinski definition) is 8. The van der Waals surface area contributed by atoms with Crippen molar-refractivity contribution in [3.8, 4) is 113 Å². The predicted octanol–water partition coefficient (Wildman–Crippen LogP) is 28.1. The average molecular weight is 1440 g/mol. The Labute approximate surface area is 641 Å². The maximum atomic E-state index is 5.55. The molecule has 0 bridgehead atoms. The third kappa shape index (κ3) is 11.4. The molecule has 8 heteroatoms. The van der Waals surface area contributed by atoms with Gasteiger partial charge in [0.2, 0.25) is 0 Å². The van der Waals surface area contributed by atoms with Crippen LogP contribution in [-0.2, 0) is 0 Å². The molecule has 0 unspecified atom stereocenters. The second-order valence-corrected chi connectivity index (χ2v) is 30.0. The Morgan fingerprint density at radius 2 is 0.545 bits per heavy atom. The standard InChI is InChI=1S/C57H35N3S.C45H27N3S/c1-3-13-36(14-4-1)37-23-27-39(28-24-37)51-35-52(60-57(59-51)41-15-5-2-6-16-41)40-29-25-38(26-30-40)42-31-32-50-49(33-42)56-54(47-21-11-12-22-53(47)61-56)55(58-50)48-34-43-17-7-8-18-44(43)45-19-9-10-20-46(45)48;1-3-14-28(15-4-1)38-27-39(29-16-5-2-6-17-29)48-45(47-38)35-23-13-24-37-41(35)44-42(34-22-11-12-25-40(34)49-44)43(46-37)36-26-30-18-7-8-19-31(30)32-20-9-10-21-33(32)36/h1-35H;1-27H. The van der Waals surface area contributed by atoms with E-state index in [9.17, 15) is 0 Å². The minimum absolute atomic E-state index is 0.690. The van der Waals surface area contributed by atoms with E-state index in [1.54, 1.807) is 0 Å². The Morgan fingerprint density at radius 3 is 1.06 bits per heavy atom. The van der Waals surface area contributed by atoms with Crippen LogP contribution in [0.4, 0.5) is 0 Å². The highest BCUT2D eigenvalue weighted by molar-refractivity contribution is 7.27. The van der Waals surface area contributed by atoms with Crippen LogP contribution >= 0.6 is 22.7 Å². The normalized spacial score (nSPS) is 11.6. The van der Waals surface area contributed by atoms with Crippen LogP contribution in [0.1, 0.15) is 0 Å². The van der Waals surface area contributed by atoms with E-state index in [4.69, 9.17) is 29.9 Å². The number of rotatable bonds is 10. The second kappa shape index (κ2) is 27.1. The largest absolute Gasteiger partial charge is 0.247 e. The molecule has 0 aliphatic carbocycles. The molecular formula is C102H62N6S2. The van der Waals surface area contributed by atoms with E-state index >= 15 is 0 Å². The van der Waals surface area contributed by atoms with Crippen molar-refractivity contribution in [2.24, 2.45) is 0 Å². The van der Waals surface area contributed by atoms with Crippen molar-refractivity contribution in [3.05, 3.63) is 376 Å². The fraction of sp³-hybridized carbons (Fsp3) is 0. The first-order chi connectivity index (χ1) is 54.5. The van der Waals surface area contributed by atoms with Crippen molar-refractivity contribution >= 4 is 128 Å². The molecule has 0 saturated heterocycles. The fourth-order valence-corrected chi connectivity index (χ4v) is 18.6. The number of hydrogen-bond donors (Lipinski definition) is 0. The van der Waals surface area contributed by atoms with E-state index in [1.165, 1.54) is 94.6 Å². The van der Waals surface area contributed by atoms with Gasteiger partial charge in [-0.05, 0) is 120 Å². The van der Waals surface area contributed by atoms with Gasteiger partial charge in [-0.2, -0.15) is 0 Å². The first-order valence-electron chi connectivity index (χ1n) is 37.0. The summed E-state index contributed by atoms with van der Waals surface area (Å²) in [6.07, 6.45) is 0. The zero-order chi connectivity index (χ0) is 72.6. The van der Waals surface area contributed by atoms with Crippen LogP contribution in [0.25, 0.3) is 218 Å². The van der Waals surface area contributed by atoms with Gasteiger partial charge in [0.15, 0.2) is 11.6 Å². The number of pyridine rings is 2. The average Bonchev–Trinajstić information content (AvgIpc) is 1.52. The molecular weight excluding hydrogens is 1370 g/mol. The monoisotopic (exact) mass is 1430 g/mol. The van der Waals surface area contributed by atoms with Crippen LogP contribution in [0.15, 0.2) is 376 Å². The van der Waals surface area contributed by atoms with Crippen molar-refractivity contribution in [1.82, 2.24) is 29.9 Å². The van der Waals surface area contributed by atoms with Gasteiger partial charge in [0.05, 0.1) is 45.2 Å². The zero-order valence-electron chi connectivity index (χ0n) is 59.3. The number of aromatic nitrogens is 6. The molecule has 0 aliphatic rings. The molecule has 0 aliphatic heterocycles. The molecule has 22 rings (SSSR count). The van der Waals surface area contributed by atoms with Gasteiger partial charge in [-0.3, -0.25) is 0 Å². The van der Waals surface area contributed by atoms with E-state index < -0.39 is 0 Å². The smallest absolute Gasteiger partial charge is 0.161 e. The van der Waals surface area contributed by atoms with E-state index in [1.807, 2.05) is 59.1 Å². The van der Waals surface area contributed by atoms with Crippen molar-refractivity contribution in [2.45, 2.75) is 0 Å². The first-order valence-corrected chi connectivity index (χ1v) is 38.7. The van der Waals surface area contributed by atoms with Crippen molar-refractivity contribution in [1.29, 1.82) is 0 Å². The minimum Gasteiger partial charge on any atom is -0.247 e. The van der Waals surface area contributed by atoms with Crippen molar-refractivity contribution in [3.63, 3.8) is 0 Å². The van der Waals surface area contributed by atoms with Gasteiger partial charge in [0.25, 0.3) is 0 Å². The third-order valence-electron chi connectivity index (χ3n) is 21.4. The lowest BCUT2D eigenvalue weighted by atomic mass is 9.93. The molecule has 0 saturated carbocycles. The van der Waals surface area contributed by atoms with E-state index in [0.717, 1.165) is 112 Å². The summed E-state index contributed by atoms with van der Waals surface area (Å²) in [4.78, 5) is 31.7. The van der Waals surface area contributed by atoms with Crippen molar-refractivity contribution in [2.75, 3.05) is 0 Å². The highest BCUT2D eigenvalue weighted by atomic mass is 32.1. The molecule has 0 radical (unpaired) electrons. The number of nitrogens with zero attached hydrogens (tertiary/aromatic N) is 6. The molecule has 0 atom stereocenters. The van der Waals surface area contributed by atoms with E-state index in [-0.39, 0.29) is 0 Å². The summed E-state index contributed by atoms with van der Waals surface area (Å²) in [6.45, 7) is 0. The SMILES string of the molecule is c1ccc(-c2cc(-c3ccccc3)nc(-c3cccc4nc(-c5cc6ccccc6c6ccccc56)c5c6ccccc6sc5c34)n2)cc1.c1ccc(-c2ccc(-c3cc(-c4ccc(-c5ccc6nc(-c7cc8ccccc8c8ccccc78)c7c8ccccc8sc7c6c5)cc4)nc(-c4ccccc4)n3)cc2)cc1. The summed E-state index contributed by atoms with van der Waals surface area (Å²) < 4.78 is 4.95. The predicted molar refractivity (Wildman–Crippen MR) is 465 cm³/mol. The summed E-state index contributed by atoms with van der Waals surface area (Å²) in [5, 5.41) is 16.9. The Balaban J connectivity index is 0.000000143. The Morgan fingerprint density at radius 1 is 0.182 bits per heavy atom. The number of thiophene rings is 2. The van der Waals surface area contributed by atoms with Gasteiger partial charge < -0.3 is 0 Å². The van der Waals surface area contributed by atoms with Gasteiger partial charge in [-0.25, -0.2) is 29.9 Å². The van der Waals surface area contributed by atoms with Crippen LogP contribution in [0.3, 0.4) is 0 Å². The van der Waals surface area contributed by atoms with E-state index in [0.29, 0.717) is 11.6 Å². The summed E-state index contributed by atoms with van der Waals surface area (Å²) >= 11 is 3.68. The van der Waals surface area contributed by atoms with Crippen LogP contribution < -0.4 is 0 Å². The van der Waals surface area contributed by atoms with Crippen LogP contribution in [-0.4, -0.2) is 29.9 Å². The first kappa shape index (κ1) is 64.4. The molecule has 0 N–H and O–H groups in total. The molecule has 0 fully saturated rings. The second-order valence-electron chi connectivity index (χ2n) is 27.9. The highest BCUT2D eigenvalue weighted by Gasteiger charge is 2.25. The molecule has 16 aromatic carbocycles. The van der Waals surface area contributed by atoms with Crippen LogP contribution in [0.2, 0.25) is 0 Å². The lowest BCUT2D eigenvalue weighted by molar-refractivity contribution is 1.18. The summed E-state index contributed by atoms with van der Waals surface area (Å²) in [6, 6.07) is 133. The third-order valence-corrected chi connectivity index (χ3v) is 23.7. The number of benzene rings is 16. The lowest BCUT2D eigenvalue weighted by Crippen LogP contribution is -1.97. The summed E-state index contributed by atoms with van der Waals surface area (Å²) in [7, 11) is 0. The molecule has 512 valence electrons. The van der Waals surface area contributed by atoms with Crippen LogP contribution in [0, 0.1) is 0 Å². The lowest BCUT2D eigenvalue weighted by Gasteiger charge is -2.15. The quantitative estimate of drug-likeness (QED) is 0.127. The maximum Gasteiger partial charge on any atom is 0.161 e. The number of fused-ring (bicyclic) bond motifs is 16. The molecule has 0 spiro atoms. The molecule has 6 aromatic heterocycles. The molecule has 0 amide bonds. The minimum atomic E-state index is 0.690. The Bertz CT molecular complexity index is 7310. The van der Waals surface area contributed by atoms with Crippen molar-refractivity contribution < 1.29 is 0 Å². The highest BCUT2D eigenvalue weighted by Crippen LogP contribution is 2.50. The Hall–Kier alpha value is -14.0. The zero-order valence-corrected chi connectivity index (χ0v) is 60.9. The molecule has 22 aromatic rings. The Kier molecular flexibility index (Phi) is 15.9. The van der Waals surface area contributed by atoms with Crippen LogP contribution in [0.5, 0.6) is 0 Å². The van der Waals surface area contributed by atoms with Gasteiger partial charge in [-0.1, -0.05) is 322 Å². The molecule has 6 heterocycles. The summed E-state index contributed by atoms with van der Waals surface area (Å²) in [5.74, 6) is 1.39. The van der Waals surface area contributed by atoms with E-state index in [2.05, 4.69) is 340 Å². The topological polar surface area (TPSA) is 77.3 Å². The fourth-order valence-electron chi connectivity index (χ4n) is 16.1. The van der Waals surface area contributed by atoms with Gasteiger partial charge >= 0.3 is 0 Å². The van der Waals surface area contributed by atoms with Gasteiger partial charge in [-0.15, -0.1) is 22.7 Å². The molecule has 6 nitrogen and oxygen atoms in total.